The van der Waals surface area contributed by atoms with Crippen LogP contribution in [0.4, 0.5) is 0 Å². The highest BCUT2D eigenvalue weighted by Crippen LogP contribution is 2.36. The zero-order valence-corrected chi connectivity index (χ0v) is 11.5. The molecule has 1 saturated heterocycles. The Morgan fingerprint density at radius 3 is 2.38 bits per heavy atom. The third kappa shape index (κ3) is 3.21. The number of hydrogen-bond donors (Lipinski definition) is 1. The molecule has 2 rings (SSSR count). The van der Waals surface area contributed by atoms with Crippen molar-refractivity contribution >= 4 is 0 Å². The summed E-state index contributed by atoms with van der Waals surface area (Å²) in [5.41, 5.74) is 0.0670. The maximum atomic E-state index is 6.14. The molecule has 0 amide bonds. The van der Waals surface area contributed by atoms with Crippen molar-refractivity contribution in [3.8, 4) is 0 Å². The van der Waals surface area contributed by atoms with Gasteiger partial charge < -0.3 is 4.74 Å². The predicted molar refractivity (Wildman–Crippen MR) is 69.5 cm³/mol. The van der Waals surface area contributed by atoms with Crippen LogP contribution < -0.4 is 5.32 Å². The van der Waals surface area contributed by atoms with E-state index in [1.165, 1.54) is 44.9 Å². The summed E-state index contributed by atoms with van der Waals surface area (Å²) in [7, 11) is 0. The molecule has 0 radical (unpaired) electrons. The van der Waals surface area contributed by atoms with Crippen LogP contribution in [-0.2, 0) is 4.74 Å². The Hall–Kier alpha value is -0.0800. The summed E-state index contributed by atoms with van der Waals surface area (Å²) in [6.07, 6.45) is 9.41. The van der Waals surface area contributed by atoms with E-state index >= 15 is 0 Å². The first-order valence-electron chi connectivity index (χ1n) is 7.21. The molecule has 0 aromatic rings. The van der Waals surface area contributed by atoms with Crippen LogP contribution in [0.5, 0.6) is 0 Å². The van der Waals surface area contributed by atoms with Gasteiger partial charge in [0.25, 0.3) is 0 Å². The van der Waals surface area contributed by atoms with E-state index in [9.17, 15) is 0 Å². The fourth-order valence-electron chi connectivity index (χ4n) is 2.93. The van der Waals surface area contributed by atoms with Crippen molar-refractivity contribution in [2.75, 3.05) is 0 Å². The number of ether oxygens (including phenoxy) is 1. The van der Waals surface area contributed by atoms with E-state index in [0.29, 0.717) is 12.1 Å². The monoisotopic (exact) mass is 227 g/mol. The fraction of sp³-hybridized carbons (Fsp3) is 1.00. The van der Waals surface area contributed by atoms with Crippen molar-refractivity contribution < 1.29 is 4.74 Å². The minimum atomic E-state index is 0.0670. The van der Waals surface area contributed by atoms with Crippen molar-refractivity contribution in [1.29, 1.82) is 0 Å². The van der Waals surface area contributed by atoms with Crippen LogP contribution >= 0.6 is 0 Å². The molecule has 2 fully saturated rings. The molecule has 1 saturated carbocycles. The minimum absolute atomic E-state index is 0.0670. The van der Waals surface area contributed by atoms with Crippen LogP contribution in [0.2, 0.25) is 0 Å². The summed E-state index contributed by atoms with van der Waals surface area (Å²) >= 11 is 0. The maximum absolute atomic E-state index is 6.14. The van der Waals surface area contributed by atoms with Gasteiger partial charge in [0.05, 0.1) is 6.10 Å². The van der Waals surface area contributed by atoms with Gasteiger partial charge in [0.1, 0.15) is 5.72 Å². The quantitative estimate of drug-likeness (QED) is 0.773. The van der Waals surface area contributed by atoms with Crippen molar-refractivity contribution in [2.24, 2.45) is 0 Å². The zero-order valence-electron chi connectivity index (χ0n) is 11.5. The average molecular weight is 227 g/mol. The topological polar surface area (TPSA) is 21.3 Å². The van der Waals surface area contributed by atoms with Gasteiger partial charge in [-0.3, -0.25) is 5.32 Å². The molecule has 2 heteroatoms. The summed E-state index contributed by atoms with van der Waals surface area (Å²) in [5, 5.41) is 3.73. The van der Waals surface area contributed by atoms with E-state index in [-0.39, 0.29) is 5.72 Å². The first-order chi connectivity index (χ1) is 7.76. The highest BCUT2D eigenvalue weighted by Gasteiger charge is 2.43. The van der Waals surface area contributed by atoms with Gasteiger partial charge >= 0.3 is 0 Å². The minimum Gasteiger partial charge on any atom is -0.356 e. The number of nitrogens with one attached hydrogen (secondary N) is 1. The molecular formula is C14H29NO. The molecule has 1 aliphatic carbocycles. The molecule has 1 heterocycles. The van der Waals surface area contributed by atoms with Gasteiger partial charge in [-0.1, -0.05) is 33.6 Å². The second-order valence-corrected chi connectivity index (χ2v) is 4.92. The molecule has 2 atom stereocenters. The molecule has 96 valence electrons. The SMILES string of the molecule is CC.CCC[C@H]1NC2(CCCCC2)O[C@H]1C. The van der Waals surface area contributed by atoms with Crippen LogP contribution in [0.25, 0.3) is 0 Å². The highest BCUT2D eigenvalue weighted by molar-refractivity contribution is 4.94. The molecule has 0 aromatic carbocycles. The van der Waals surface area contributed by atoms with E-state index in [0.717, 1.165) is 0 Å². The van der Waals surface area contributed by atoms with Gasteiger partial charge in [0, 0.05) is 6.04 Å². The number of hydrogen-bond acceptors (Lipinski definition) is 2. The van der Waals surface area contributed by atoms with E-state index in [2.05, 4.69) is 19.2 Å². The zero-order chi connectivity index (χ0) is 12.0. The van der Waals surface area contributed by atoms with Gasteiger partial charge in [-0.25, -0.2) is 0 Å². The van der Waals surface area contributed by atoms with E-state index in [1.807, 2.05) is 13.8 Å². The molecule has 2 nitrogen and oxygen atoms in total. The Bertz CT molecular complexity index is 187. The molecule has 0 bridgehead atoms. The highest BCUT2D eigenvalue weighted by atomic mass is 16.5. The first kappa shape index (κ1) is 14.0. The summed E-state index contributed by atoms with van der Waals surface area (Å²) < 4.78 is 6.14. The average Bonchev–Trinajstić information content (AvgIpc) is 2.60. The normalized spacial score (nSPS) is 32.2. The van der Waals surface area contributed by atoms with Gasteiger partial charge in [0.15, 0.2) is 0 Å². The van der Waals surface area contributed by atoms with Gasteiger partial charge in [-0.05, 0) is 39.0 Å². The summed E-state index contributed by atoms with van der Waals surface area (Å²) in [6.45, 7) is 8.47. The molecule has 1 spiro atoms. The van der Waals surface area contributed by atoms with Crippen molar-refractivity contribution in [2.45, 2.75) is 90.5 Å². The number of rotatable bonds is 2. The standard InChI is InChI=1S/C12H23NO.C2H6/c1-3-7-11-10(2)14-12(13-11)8-5-4-6-9-12;1-2/h10-11,13H,3-9H2,1-2H3;1-2H3/t10-,11+;/m0./s1. The van der Waals surface area contributed by atoms with E-state index in [1.54, 1.807) is 0 Å². The Labute approximate surface area is 101 Å². The molecule has 1 aliphatic heterocycles. The Kier molecular flexibility index (Phi) is 5.77. The molecule has 16 heavy (non-hydrogen) atoms. The van der Waals surface area contributed by atoms with Gasteiger partial charge in [-0.2, -0.15) is 0 Å². The summed E-state index contributed by atoms with van der Waals surface area (Å²) in [6, 6.07) is 0.595. The lowest BCUT2D eigenvalue weighted by atomic mass is 9.91. The van der Waals surface area contributed by atoms with Crippen LogP contribution in [-0.4, -0.2) is 17.9 Å². The Balaban J connectivity index is 0.000000606. The molecule has 0 aromatic heterocycles. The maximum Gasteiger partial charge on any atom is 0.119 e. The third-order valence-electron chi connectivity index (χ3n) is 3.69. The largest absolute Gasteiger partial charge is 0.356 e. The third-order valence-corrected chi connectivity index (χ3v) is 3.69. The van der Waals surface area contributed by atoms with Crippen LogP contribution in [0.1, 0.15) is 72.6 Å². The molecule has 2 aliphatic rings. The first-order valence-corrected chi connectivity index (χ1v) is 7.21. The lowest BCUT2D eigenvalue weighted by molar-refractivity contribution is -0.0682. The second kappa shape index (κ2) is 6.61. The Morgan fingerprint density at radius 1 is 1.19 bits per heavy atom. The van der Waals surface area contributed by atoms with E-state index < -0.39 is 0 Å². The van der Waals surface area contributed by atoms with Crippen molar-refractivity contribution in [3.05, 3.63) is 0 Å². The fourth-order valence-corrected chi connectivity index (χ4v) is 2.93. The van der Waals surface area contributed by atoms with Gasteiger partial charge in [0.2, 0.25) is 0 Å². The van der Waals surface area contributed by atoms with Crippen LogP contribution in [0.15, 0.2) is 0 Å². The summed E-state index contributed by atoms with van der Waals surface area (Å²) in [4.78, 5) is 0. The van der Waals surface area contributed by atoms with E-state index in [4.69, 9.17) is 4.74 Å². The van der Waals surface area contributed by atoms with Crippen molar-refractivity contribution in [1.82, 2.24) is 5.32 Å². The van der Waals surface area contributed by atoms with Crippen LogP contribution in [0, 0.1) is 0 Å². The molecule has 1 N–H and O–H groups in total. The van der Waals surface area contributed by atoms with Crippen molar-refractivity contribution in [3.63, 3.8) is 0 Å². The molecular weight excluding hydrogens is 198 g/mol. The van der Waals surface area contributed by atoms with Gasteiger partial charge in [-0.15, -0.1) is 0 Å². The van der Waals surface area contributed by atoms with Crippen LogP contribution in [0.3, 0.4) is 0 Å². The summed E-state index contributed by atoms with van der Waals surface area (Å²) in [5.74, 6) is 0. The lowest BCUT2D eigenvalue weighted by Crippen LogP contribution is -2.45. The lowest BCUT2D eigenvalue weighted by Gasteiger charge is -2.33. The predicted octanol–water partition coefficient (Wildman–Crippen LogP) is 3.85. The Morgan fingerprint density at radius 2 is 1.81 bits per heavy atom. The smallest absolute Gasteiger partial charge is 0.119 e. The second-order valence-electron chi connectivity index (χ2n) is 4.92. The molecule has 0 unspecified atom stereocenters.